The molecule has 3 rings (SSSR count). The van der Waals surface area contributed by atoms with Crippen LogP contribution in [0.2, 0.25) is 10.0 Å². The quantitative estimate of drug-likeness (QED) is 0.418. The zero-order valence-corrected chi connectivity index (χ0v) is 19.4. The highest BCUT2D eigenvalue weighted by Crippen LogP contribution is 2.21. The third-order valence-corrected chi connectivity index (χ3v) is 4.74. The number of nitrogens with one attached hydrogen (secondary N) is 1. The third kappa shape index (κ3) is 10.2. The Labute approximate surface area is 184 Å². The van der Waals surface area contributed by atoms with Crippen LogP contribution in [0.15, 0.2) is 60.7 Å². The number of aryl methyl sites for hydroxylation is 5. The minimum Gasteiger partial charge on any atom is -0.326 e. The van der Waals surface area contributed by atoms with Crippen molar-refractivity contribution in [3.05, 3.63) is 98.5 Å². The average molecular weight is 430 g/mol. The Hall–Kier alpha value is -2.29. The lowest BCUT2D eigenvalue weighted by Crippen LogP contribution is -2.07. The number of hydrogen-bond donors (Lipinski definition) is 1. The van der Waals surface area contributed by atoms with E-state index in [0.29, 0.717) is 10.0 Å². The van der Waals surface area contributed by atoms with Crippen LogP contribution in [0.1, 0.15) is 34.7 Å². The molecular weight excluding hydrogens is 401 g/mol. The summed E-state index contributed by atoms with van der Waals surface area (Å²) < 4.78 is 0. The first-order valence-electron chi connectivity index (χ1n) is 9.38. The van der Waals surface area contributed by atoms with Gasteiger partial charge in [0, 0.05) is 12.6 Å². The molecule has 154 valence electrons. The maximum absolute atomic E-state index is 10.8. The Morgan fingerprint density at radius 2 is 1.10 bits per heavy atom. The van der Waals surface area contributed by atoms with Gasteiger partial charge < -0.3 is 5.32 Å². The van der Waals surface area contributed by atoms with Gasteiger partial charge in [-0.15, -0.1) is 0 Å². The van der Waals surface area contributed by atoms with Crippen LogP contribution < -0.4 is 5.32 Å². The van der Waals surface area contributed by atoms with Crippen LogP contribution in [-0.2, 0) is 4.79 Å². The van der Waals surface area contributed by atoms with Crippen molar-refractivity contribution >= 4 is 34.8 Å². The molecule has 3 aromatic carbocycles. The van der Waals surface area contributed by atoms with Gasteiger partial charge in [0.15, 0.2) is 0 Å². The van der Waals surface area contributed by atoms with Crippen molar-refractivity contribution in [1.29, 1.82) is 0 Å². The van der Waals surface area contributed by atoms with Crippen LogP contribution in [0.4, 0.5) is 5.69 Å². The fourth-order valence-corrected chi connectivity index (χ4v) is 2.65. The van der Waals surface area contributed by atoms with Gasteiger partial charge in [-0.25, -0.2) is 0 Å². The molecule has 0 aliphatic rings. The molecule has 0 radical (unpaired) electrons. The van der Waals surface area contributed by atoms with E-state index in [2.05, 4.69) is 43.4 Å². The molecule has 0 unspecified atom stereocenters. The van der Waals surface area contributed by atoms with Crippen molar-refractivity contribution in [3.8, 4) is 0 Å². The van der Waals surface area contributed by atoms with Crippen LogP contribution in [-0.4, -0.2) is 5.91 Å². The summed E-state index contributed by atoms with van der Waals surface area (Å²) in [5.41, 5.74) is 6.94. The lowest BCUT2D eigenvalue weighted by atomic mass is 10.1. The fourth-order valence-electron chi connectivity index (χ4n) is 2.30. The molecule has 0 spiro atoms. The van der Waals surface area contributed by atoms with Gasteiger partial charge in [-0.3, -0.25) is 4.79 Å². The summed E-state index contributed by atoms with van der Waals surface area (Å²) in [6, 6.07) is 20.0. The molecule has 2 nitrogen and oxygen atoms in total. The molecule has 4 heteroatoms. The highest BCUT2D eigenvalue weighted by Gasteiger charge is 1.99. The fraction of sp³-hybridized carbons (Fsp3) is 0.240. The summed E-state index contributed by atoms with van der Waals surface area (Å²) in [5.74, 6) is -0.0244. The van der Waals surface area contributed by atoms with Gasteiger partial charge in [0.05, 0.1) is 10.0 Å². The average Bonchev–Trinajstić information content (AvgIpc) is 2.65. The topological polar surface area (TPSA) is 29.1 Å². The number of benzene rings is 3. The second-order valence-electron chi connectivity index (χ2n) is 7.07. The zero-order valence-electron chi connectivity index (χ0n) is 17.9. The van der Waals surface area contributed by atoms with Crippen LogP contribution in [0.25, 0.3) is 0 Å². The van der Waals surface area contributed by atoms with E-state index in [-0.39, 0.29) is 5.91 Å². The summed E-state index contributed by atoms with van der Waals surface area (Å²) >= 11 is 11.3. The first-order valence-corrected chi connectivity index (χ1v) is 10.1. The molecule has 0 heterocycles. The summed E-state index contributed by atoms with van der Waals surface area (Å²) in [4.78, 5) is 10.8. The highest BCUT2D eigenvalue weighted by atomic mass is 35.5. The maximum Gasteiger partial charge on any atom is 0.221 e. The van der Waals surface area contributed by atoms with E-state index in [0.717, 1.165) is 22.4 Å². The summed E-state index contributed by atoms with van der Waals surface area (Å²) in [7, 11) is 0. The first-order chi connectivity index (χ1) is 13.6. The Bertz CT molecular complexity index is 913. The van der Waals surface area contributed by atoms with Crippen LogP contribution in [0.3, 0.4) is 0 Å². The monoisotopic (exact) mass is 429 g/mol. The van der Waals surface area contributed by atoms with Gasteiger partial charge in [0.2, 0.25) is 5.91 Å². The number of anilines is 1. The molecule has 29 heavy (non-hydrogen) atoms. The smallest absolute Gasteiger partial charge is 0.221 e. The van der Waals surface area contributed by atoms with E-state index in [9.17, 15) is 4.79 Å². The second-order valence-corrected chi connectivity index (χ2v) is 7.89. The molecule has 0 atom stereocenters. The number of rotatable bonds is 1. The van der Waals surface area contributed by atoms with E-state index < -0.39 is 0 Å². The Morgan fingerprint density at radius 1 is 0.655 bits per heavy atom. The van der Waals surface area contributed by atoms with Crippen molar-refractivity contribution in [3.63, 3.8) is 0 Å². The highest BCUT2D eigenvalue weighted by molar-refractivity contribution is 6.42. The SMILES string of the molecule is CC(=O)Nc1cc(C)ccc1C.Cc1ccc(C)cc1.Cc1ccc(Cl)c(Cl)c1. The summed E-state index contributed by atoms with van der Waals surface area (Å²) in [5, 5.41) is 4.01. The maximum atomic E-state index is 10.8. The Morgan fingerprint density at radius 3 is 1.55 bits per heavy atom. The molecule has 0 bridgehead atoms. The summed E-state index contributed by atoms with van der Waals surface area (Å²) in [6.07, 6.45) is 0. The molecule has 1 amide bonds. The Kier molecular flexibility index (Phi) is 10.5. The minimum absolute atomic E-state index is 0.0244. The van der Waals surface area contributed by atoms with Crippen molar-refractivity contribution in [1.82, 2.24) is 0 Å². The molecule has 1 N–H and O–H groups in total. The number of carbonyl (C=O) groups excluding carboxylic acids is 1. The second kappa shape index (κ2) is 12.3. The lowest BCUT2D eigenvalue weighted by molar-refractivity contribution is -0.114. The normalized spacial score (nSPS) is 9.52. The lowest BCUT2D eigenvalue weighted by Gasteiger charge is -2.06. The van der Waals surface area contributed by atoms with Crippen molar-refractivity contribution in [2.45, 2.75) is 41.5 Å². The van der Waals surface area contributed by atoms with Gasteiger partial charge in [-0.05, 0) is 69.5 Å². The van der Waals surface area contributed by atoms with Gasteiger partial charge in [-0.2, -0.15) is 0 Å². The first kappa shape index (κ1) is 24.7. The van der Waals surface area contributed by atoms with Gasteiger partial charge in [0.25, 0.3) is 0 Å². The molecule has 0 saturated heterocycles. The molecule has 0 saturated carbocycles. The van der Waals surface area contributed by atoms with E-state index in [1.165, 1.54) is 18.1 Å². The molecule has 0 aromatic heterocycles. The van der Waals surface area contributed by atoms with Crippen molar-refractivity contribution in [2.75, 3.05) is 5.32 Å². The predicted molar refractivity (Wildman–Crippen MR) is 127 cm³/mol. The number of halogens is 2. The third-order valence-electron chi connectivity index (χ3n) is 4.00. The molecule has 0 fully saturated rings. The Balaban J connectivity index is 0.000000223. The van der Waals surface area contributed by atoms with Crippen molar-refractivity contribution < 1.29 is 4.79 Å². The number of amides is 1. The van der Waals surface area contributed by atoms with E-state index in [4.69, 9.17) is 23.2 Å². The van der Waals surface area contributed by atoms with Crippen LogP contribution in [0.5, 0.6) is 0 Å². The van der Waals surface area contributed by atoms with Gasteiger partial charge >= 0.3 is 0 Å². The summed E-state index contributed by atoms with van der Waals surface area (Å²) in [6.45, 7) is 11.7. The predicted octanol–water partition coefficient (Wildman–Crippen LogP) is 7.87. The van der Waals surface area contributed by atoms with Gasteiger partial charge in [-0.1, -0.05) is 76.8 Å². The molecule has 3 aromatic rings. The number of carbonyl (C=O) groups is 1. The standard InChI is InChI=1S/C10H13NO.C8H10.C7H6Cl2/c1-7-4-5-8(2)10(6-7)11-9(3)12;1-7-3-5-8(2)6-4-7;1-5-2-3-6(8)7(9)4-5/h4-6H,1-3H3,(H,11,12);3-6H,1-2H3;2-4H,1H3. The molecule has 0 aliphatic carbocycles. The van der Waals surface area contributed by atoms with Crippen molar-refractivity contribution in [2.24, 2.45) is 0 Å². The van der Waals surface area contributed by atoms with Crippen LogP contribution in [0, 0.1) is 34.6 Å². The molecular formula is C25H29Cl2NO. The number of hydrogen-bond acceptors (Lipinski definition) is 1. The van der Waals surface area contributed by atoms with E-state index >= 15 is 0 Å². The van der Waals surface area contributed by atoms with Gasteiger partial charge in [0.1, 0.15) is 0 Å². The van der Waals surface area contributed by atoms with E-state index in [1.807, 2.05) is 51.1 Å². The van der Waals surface area contributed by atoms with E-state index in [1.54, 1.807) is 6.07 Å². The minimum atomic E-state index is -0.0244. The molecule has 0 aliphatic heterocycles. The van der Waals surface area contributed by atoms with Crippen LogP contribution >= 0.6 is 23.2 Å². The largest absolute Gasteiger partial charge is 0.326 e. The zero-order chi connectivity index (χ0) is 22.0.